The zero-order valence-corrected chi connectivity index (χ0v) is 22.9. The summed E-state index contributed by atoms with van der Waals surface area (Å²) >= 11 is 0. The minimum absolute atomic E-state index is 0.0201. The van der Waals surface area contributed by atoms with Crippen molar-refractivity contribution in [1.82, 2.24) is 4.31 Å². The third-order valence-corrected chi connectivity index (χ3v) is 9.35. The van der Waals surface area contributed by atoms with Crippen LogP contribution in [0.2, 0.25) is 0 Å². The van der Waals surface area contributed by atoms with E-state index in [1.807, 2.05) is 26.0 Å². The summed E-state index contributed by atoms with van der Waals surface area (Å²) in [5.41, 5.74) is 2.64. The summed E-state index contributed by atoms with van der Waals surface area (Å²) in [6.07, 6.45) is 0. The molecule has 0 unspecified atom stereocenters. The van der Waals surface area contributed by atoms with Crippen LogP contribution >= 0.6 is 0 Å². The minimum Gasteiger partial charge on any atom is -0.496 e. The second-order valence-electron chi connectivity index (χ2n) is 8.78. The highest BCUT2D eigenvalue weighted by molar-refractivity contribution is 7.92. The van der Waals surface area contributed by atoms with Crippen LogP contribution in [-0.2, 0) is 24.8 Å². The number of amides is 1. The van der Waals surface area contributed by atoms with Crippen molar-refractivity contribution >= 4 is 37.3 Å². The number of methoxy groups -OCH3 is 1. The zero-order valence-electron chi connectivity index (χ0n) is 21.2. The van der Waals surface area contributed by atoms with Gasteiger partial charge in [-0.1, -0.05) is 17.7 Å². The molecule has 10 nitrogen and oxygen atoms in total. The maximum atomic E-state index is 13.1. The van der Waals surface area contributed by atoms with Gasteiger partial charge in [0.2, 0.25) is 10.0 Å². The average Bonchev–Trinajstić information content (AvgIpc) is 2.90. The number of carbonyl (C=O) groups is 1. The lowest BCUT2D eigenvalue weighted by Gasteiger charge is -2.26. The monoisotopic (exact) mass is 559 g/mol. The van der Waals surface area contributed by atoms with Crippen LogP contribution in [0.1, 0.15) is 21.5 Å². The summed E-state index contributed by atoms with van der Waals surface area (Å²) in [7, 11) is -6.30. The van der Waals surface area contributed by atoms with E-state index in [-0.39, 0.29) is 34.2 Å². The summed E-state index contributed by atoms with van der Waals surface area (Å²) in [4.78, 5) is 13.1. The highest BCUT2D eigenvalue weighted by atomic mass is 32.2. The van der Waals surface area contributed by atoms with Crippen LogP contribution in [0.5, 0.6) is 5.75 Å². The molecule has 1 fully saturated rings. The fourth-order valence-corrected chi connectivity index (χ4v) is 6.57. The number of sulfonamides is 2. The van der Waals surface area contributed by atoms with Crippen LogP contribution in [0.25, 0.3) is 0 Å². The number of nitrogens with zero attached hydrogens (tertiary/aromatic N) is 1. The van der Waals surface area contributed by atoms with Gasteiger partial charge in [0, 0.05) is 18.8 Å². The van der Waals surface area contributed by atoms with Crippen molar-refractivity contribution in [3.05, 3.63) is 77.4 Å². The summed E-state index contributed by atoms with van der Waals surface area (Å²) in [5, 5.41) is 2.67. The number of hydrogen-bond donors (Lipinski definition) is 2. The van der Waals surface area contributed by atoms with Crippen LogP contribution in [0.4, 0.5) is 11.4 Å². The topological polar surface area (TPSA) is 131 Å². The van der Waals surface area contributed by atoms with Gasteiger partial charge in [0.1, 0.15) is 5.75 Å². The standard InChI is InChI=1S/C26H29N3O7S2/c1-18-4-10-24(19(2)16-18)28-37(31,32)21-7-5-20(6-8-21)27-26(30)23-17-22(9-11-25(23)35-3)38(33,34)29-12-14-36-15-13-29/h4-11,16-17,28H,12-15H2,1-3H3,(H,27,30). The van der Waals surface area contributed by atoms with Gasteiger partial charge in [-0.3, -0.25) is 9.52 Å². The number of ether oxygens (including phenoxy) is 2. The molecule has 1 aliphatic heterocycles. The summed E-state index contributed by atoms with van der Waals surface area (Å²) in [5.74, 6) is -0.412. The lowest BCUT2D eigenvalue weighted by molar-refractivity contribution is 0.0730. The van der Waals surface area contributed by atoms with Gasteiger partial charge in [-0.25, -0.2) is 16.8 Å². The molecule has 3 aromatic carbocycles. The quantitative estimate of drug-likeness (QED) is 0.433. The number of morpholine rings is 1. The predicted octanol–water partition coefficient (Wildman–Crippen LogP) is 3.39. The Bertz CT molecular complexity index is 1550. The highest BCUT2D eigenvalue weighted by Crippen LogP contribution is 2.27. The van der Waals surface area contributed by atoms with E-state index >= 15 is 0 Å². The van der Waals surface area contributed by atoms with Gasteiger partial charge >= 0.3 is 0 Å². The minimum atomic E-state index is -3.85. The highest BCUT2D eigenvalue weighted by Gasteiger charge is 2.28. The SMILES string of the molecule is COc1ccc(S(=O)(=O)N2CCOCC2)cc1C(=O)Nc1ccc(S(=O)(=O)Nc2ccc(C)cc2C)cc1. The molecule has 1 saturated heterocycles. The van der Waals surface area contributed by atoms with Gasteiger partial charge in [-0.2, -0.15) is 4.31 Å². The van der Waals surface area contributed by atoms with E-state index in [1.165, 1.54) is 53.9 Å². The Morgan fingerprint density at radius 1 is 0.895 bits per heavy atom. The molecule has 1 amide bonds. The molecular formula is C26H29N3O7S2. The molecule has 202 valence electrons. The third-order valence-electron chi connectivity index (χ3n) is 6.07. The van der Waals surface area contributed by atoms with Crippen molar-refractivity contribution in [2.75, 3.05) is 43.5 Å². The molecular weight excluding hydrogens is 530 g/mol. The van der Waals surface area contributed by atoms with Gasteiger partial charge in [-0.05, 0) is 67.9 Å². The molecule has 0 aromatic heterocycles. The van der Waals surface area contributed by atoms with E-state index < -0.39 is 26.0 Å². The second kappa shape index (κ2) is 11.1. The van der Waals surface area contributed by atoms with Crippen LogP contribution in [0, 0.1) is 13.8 Å². The first-order chi connectivity index (χ1) is 18.0. The molecule has 0 spiro atoms. The van der Waals surface area contributed by atoms with Crippen molar-refractivity contribution in [1.29, 1.82) is 0 Å². The van der Waals surface area contributed by atoms with Gasteiger partial charge in [-0.15, -0.1) is 0 Å². The number of anilines is 2. The normalized spacial score (nSPS) is 14.6. The summed E-state index contributed by atoms with van der Waals surface area (Å²) in [6, 6.07) is 15.1. The molecule has 0 radical (unpaired) electrons. The van der Waals surface area contributed by atoms with Crippen LogP contribution in [0.3, 0.4) is 0 Å². The molecule has 4 rings (SSSR count). The van der Waals surface area contributed by atoms with E-state index in [1.54, 1.807) is 6.07 Å². The maximum Gasteiger partial charge on any atom is 0.261 e. The molecule has 12 heteroatoms. The van der Waals surface area contributed by atoms with Gasteiger partial charge in [0.15, 0.2) is 0 Å². The van der Waals surface area contributed by atoms with Crippen LogP contribution < -0.4 is 14.8 Å². The summed E-state index contributed by atoms with van der Waals surface area (Å²) in [6.45, 7) is 4.79. The van der Waals surface area contributed by atoms with E-state index in [4.69, 9.17) is 9.47 Å². The van der Waals surface area contributed by atoms with Crippen molar-refractivity contribution in [2.24, 2.45) is 0 Å². The van der Waals surface area contributed by atoms with Crippen LogP contribution in [0.15, 0.2) is 70.5 Å². The van der Waals surface area contributed by atoms with E-state index in [9.17, 15) is 21.6 Å². The zero-order chi connectivity index (χ0) is 27.5. The Morgan fingerprint density at radius 3 is 2.18 bits per heavy atom. The number of carbonyl (C=O) groups excluding carboxylic acids is 1. The molecule has 1 heterocycles. The van der Waals surface area contributed by atoms with E-state index in [0.29, 0.717) is 24.6 Å². The second-order valence-corrected chi connectivity index (χ2v) is 12.4. The average molecular weight is 560 g/mol. The van der Waals surface area contributed by atoms with Crippen molar-refractivity contribution in [3.63, 3.8) is 0 Å². The smallest absolute Gasteiger partial charge is 0.261 e. The molecule has 0 aliphatic carbocycles. The predicted molar refractivity (Wildman–Crippen MR) is 144 cm³/mol. The fourth-order valence-electron chi connectivity index (χ4n) is 4.01. The molecule has 2 N–H and O–H groups in total. The lowest BCUT2D eigenvalue weighted by Crippen LogP contribution is -2.40. The van der Waals surface area contributed by atoms with Crippen molar-refractivity contribution < 1.29 is 31.1 Å². The Labute approximate surface area is 222 Å². The molecule has 1 aliphatic rings. The maximum absolute atomic E-state index is 13.1. The number of aryl methyl sites for hydroxylation is 2. The molecule has 3 aromatic rings. The van der Waals surface area contributed by atoms with Crippen molar-refractivity contribution in [3.8, 4) is 5.75 Å². The molecule has 0 saturated carbocycles. The number of benzene rings is 3. The van der Waals surface area contributed by atoms with Crippen LogP contribution in [-0.4, -0.2) is 60.5 Å². The van der Waals surface area contributed by atoms with E-state index in [0.717, 1.165) is 11.1 Å². The first-order valence-electron chi connectivity index (χ1n) is 11.8. The van der Waals surface area contributed by atoms with E-state index in [2.05, 4.69) is 10.0 Å². The number of rotatable bonds is 8. The Balaban J connectivity index is 1.53. The molecule has 0 atom stereocenters. The summed E-state index contributed by atoms with van der Waals surface area (Å²) < 4.78 is 66.2. The van der Waals surface area contributed by atoms with Gasteiger partial charge in [0.05, 0.1) is 41.4 Å². The number of nitrogens with one attached hydrogen (secondary N) is 2. The fraction of sp³-hybridized carbons (Fsp3) is 0.269. The molecule has 38 heavy (non-hydrogen) atoms. The largest absolute Gasteiger partial charge is 0.496 e. The Hall–Kier alpha value is -3.45. The Morgan fingerprint density at radius 2 is 1.55 bits per heavy atom. The first kappa shape index (κ1) is 27.6. The lowest BCUT2D eigenvalue weighted by atomic mass is 10.1. The Kier molecular flexibility index (Phi) is 8.07. The number of hydrogen-bond acceptors (Lipinski definition) is 7. The van der Waals surface area contributed by atoms with Gasteiger partial charge in [0.25, 0.3) is 15.9 Å². The first-order valence-corrected chi connectivity index (χ1v) is 14.7. The molecule has 0 bridgehead atoms. The third kappa shape index (κ3) is 5.99. The van der Waals surface area contributed by atoms with Gasteiger partial charge < -0.3 is 14.8 Å². The van der Waals surface area contributed by atoms with Crippen molar-refractivity contribution in [2.45, 2.75) is 23.6 Å².